The van der Waals surface area contributed by atoms with Crippen molar-refractivity contribution in [2.24, 2.45) is 9.98 Å². The summed E-state index contributed by atoms with van der Waals surface area (Å²) >= 11 is 7.50. The van der Waals surface area contributed by atoms with Crippen molar-refractivity contribution >= 4 is 40.2 Å². The normalized spacial score (nSPS) is 11.2. The number of hydrogen-bond acceptors (Lipinski definition) is 2. The lowest BCUT2D eigenvalue weighted by molar-refractivity contribution is 0.485. The fourth-order valence-electron chi connectivity index (χ4n) is 2.09. The Kier molecular flexibility index (Phi) is 6.91. The second kappa shape index (κ2) is 8.92. The van der Waals surface area contributed by atoms with Crippen LogP contribution < -0.4 is 0 Å². The van der Waals surface area contributed by atoms with Crippen LogP contribution in [0.3, 0.4) is 0 Å². The minimum atomic E-state index is 0.670. The second-order valence-corrected chi connectivity index (χ2v) is 7.46. The van der Waals surface area contributed by atoms with Gasteiger partial charge in [0.15, 0.2) is 5.17 Å². The van der Waals surface area contributed by atoms with Gasteiger partial charge in [0.05, 0.1) is 5.69 Å². The van der Waals surface area contributed by atoms with Crippen molar-refractivity contribution in [3.63, 3.8) is 0 Å². The Morgan fingerprint density at radius 2 is 1.44 bits per heavy atom. The molecule has 0 saturated carbocycles. The van der Waals surface area contributed by atoms with Crippen LogP contribution >= 0.6 is 23.4 Å². The fraction of sp³-hybridized carbons (Fsp3) is 0.263. The Bertz CT molecular complexity index is 740. The molecule has 2 aromatic rings. The number of guanidine groups is 1. The van der Waals surface area contributed by atoms with E-state index in [4.69, 9.17) is 21.6 Å². The zero-order valence-electron chi connectivity index (χ0n) is 15.2. The maximum Gasteiger partial charge on any atom is 0.202 e. The summed E-state index contributed by atoms with van der Waals surface area (Å²) in [5, 5.41) is 1.36. The predicted molar refractivity (Wildman–Crippen MR) is 110 cm³/mol. The van der Waals surface area contributed by atoms with Gasteiger partial charge in [-0.2, -0.15) is 4.99 Å². The van der Waals surface area contributed by atoms with Gasteiger partial charge in [-0.15, -0.1) is 0 Å². The summed E-state index contributed by atoms with van der Waals surface area (Å²) in [4.78, 5) is 14.5. The van der Waals surface area contributed by atoms with Gasteiger partial charge >= 0.3 is 0 Å². The average Bonchev–Trinajstić information content (AvgIpc) is 2.56. The number of rotatable bonds is 2. The van der Waals surface area contributed by atoms with E-state index in [1.807, 2.05) is 62.3 Å². The summed E-state index contributed by atoms with van der Waals surface area (Å²) in [6.07, 6.45) is 0. The van der Waals surface area contributed by atoms with Crippen molar-refractivity contribution in [3.8, 4) is 0 Å². The molecule has 0 saturated heterocycles. The van der Waals surface area contributed by atoms with E-state index >= 15 is 0 Å². The molecule has 0 radical (unpaired) electrons. The average molecular weight is 375 g/mol. The van der Waals surface area contributed by atoms with E-state index in [0.29, 0.717) is 10.2 Å². The molecular weight excluding hydrogens is 352 g/mol. The molecule has 6 heteroatoms. The highest BCUT2D eigenvalue weighted by molar-refractivity contribution is 8.14. The number of benzene rings is 2. The zero-order valence-corrected chi connectivity index (χ0v) is 16.8. The van der Waals surface area contributed by atoms with Crippen LogP contribution in [-0.4, -0.2) is 49.1 Å². The quantitative estimate of drug-likeness (QED) is 0.425. The third-order valence-electron chi connectivity index (χ3n) is 3.28. The van der Waals surface area contributed by atoms with E-state index in [1.165, 1.54) is 17.3 Å². The largest absolute Gasteiger partial charge is 0.349 e. The first-order valence-corrected chi connectivity index (χ1v) is 9.06. The highest BCUT2D eigenvalue weighted by Gasteiger charge is 2.09. The Morgan fingerprint density at radius 1 is 0.880 bits per heavy atom. The molecule has 0 spiro atoms. The van der Waals surface area contributed by atoms with E-state index in [9.17, 15) is 0 Å². The van der Waals surface area contributed by atoms with Crippen LogP contribution in [0.5, 0.6) is 0 Å². The maximum atomic E-state index is 5.97. The van der Waals surface area contributed by atoms with Gasteiger partial charge in [0.2, 0.25) is 5.96 Å². The predicted octanol–water partition coefficient (Wildman–Crippen LogP) is 4.91. The van der Waals surface area contributed by atoms with Crippen LogP contribution in [0.1, 0.15) is 5.56 Å². The molecular formula is C19H23ClN4S. The van der Waals surface area contributed by atoms with Gasteiger partial charge in [-0.1, -0.05) is 29.3 Å². The van der Waals surface area contributed by atoms with Gasteiger partial charge in [-0.25, -0.2) is 4.99 Å². The van der Waals surface area contributed by atoms with Crippen molar-refractivity contribution in [2.75, 3.05) is 28.2 Å². The molecule has 132 valence electrons. The number of aliphatic imine (C=N–C) groups is 2. The third kappa shape index (κ3) is 6.11. The molecule has 0 aliphatic heterocycles. The van der Waals surface area contributed by atoms with E-state index in [0.717, 1.165) is 16.5 Å². The Hall–Kier alpha value is -1.98. The molecule has 2 aromatic carbocycles. The standard InChI is InChI=1S/C19H23ClN4S/c1-14-6-12-17(13-7-14)25-18(22-19(23(2)3)24(4)5)21-16-10-8-15(20)9-11-16/h6-13H,1-5H3. The van der Waals surface area contributed by atoms with Crippen LogP contribution in [0.15, 0.2) is 63.4 Å². The fourth-order valence-corrected chi connectivity index (χ4v) is 2.98. The molecule has 0 bridgehead atoms. The van der Waals surface area contributed by atoms with Crippen molar-refractivity contribution in [2.45, 2.75) is 11.8 Å². The summed E-state index contributed by atoms with van der Waals surface area (Å²) in [5.41, 5.74) is 2.05. The number of hydrogen-bond donors (Lipinski definition) is 0. The van der Waals surface area contributed by atoms with Gasteiger partial charge < -0.3 is 9.80 Å². The number of nitrogens with zero attached hydrogens (tertiary/aromatic N) is 4. The molecule has 0 heterocycles. The molecule has 0 unspecified atom stereocenters. The number of thioether (sulfide) groups is 1. The summed E-state index contributed by atoms with van der Waals surface area (Å²) < 4.78 is 0. The van der Waals surface area contributed by atoms with Crippen molar-refractivity contribution < 1.29 is 0 Å². The highest BCUT2D eigenvalue weighted by Crippen LogP contribution is 2.25. The Labute approximate surface area is 159 Å². The lowest BCUT2D eigenvalue weighted by atomic mass is 10.2. The highest BCUT2D eigenvalue weighted by atomic mass is 35.5. The number of halogens is 1. The van der Waals surface area contributed by atoms with Crippen LogP contribution in [0.4, 0.5) is 5.69 Å². The smallest absolute Gasteiger partial charge is 0.202 e. The number of amidine groups is 1. The van der Waals surface area contributed by atoms with Gasteiger partial charge in [-0.05, 0) is 55.1 Å². The Morgan fingerprint density at radius 3 is 1.96 bits per heavy atom. The van der Waals surface area contributed by atoms with E-state index < -0.39 is 0 Å². The third-order valence-corrected chi connectivity index (χ3v) is 4.40. The Balaban J connectivity index is 2.41. The second-order valence-electron chi connectivity index (χ2n) is 5.99. The van der Waals surface area contributed by atoms with Crippen LogP contribution in [0.2, 0.25) is 5.02 Å². The van der Waals surface area contributed by atoms with Crippen molar-refractivity contribution in [3.05, 3.63) is 59.1 Å². The zero-order chi connectivity index (χ0) is 18.4. The van der Waals surface area contributed by atoms with E-state index in [-0.39, 0.29) is 0 Å². The first-order valence-electron chi connectivity index (χ1n) is 7.87. The van der Waals surface area contributed by atoms with Crippen LogP contribution in [-0.2, 0) is 0 Å². The minimum Gasteiger partial charge on any atom is -0.349 e. The van der Waals surface area contributed by atoms with Gasteiger partial charge in [0, 0.05) is 38.1 Å². The first-order chi connectivity index (χ1) is 11.8. The molecule has 4 nitrogen and oxygen atoms in total. The molecule has 0 amide bonds. The summed E-state index contributed by atoms with van der Waals surface area (Å²) in [5.74, 6) is 0.826. The maximum absolute atomic E-state index is 5.97. The number of aryl methyl sites for hydroxylation is 1. The summed E-state index contributed by atoms with van der Waals surface area (Å²) in [6.45, 7) is 2.07. The minimum absolute atomic E-state index is 0.670. The topological polar surface area (TPSA) is 31.2 Å². The van der Waals surface area contributed by atoms with Gasteiger partial charge in [0.25, 0.3) is 0 Å². The van der Waals surface area contributed by atoms with Crippen LogP contribution in [0.25, 0.3) is 0 Å². The lowest BCUT2D eigenvalue weighted by Gasteiger charge is -2.22. The molecule has 0 aliphatic rings. The first kappa shape index (κ1) is 19.3. The molecule has 0 N–H and O–H groups in total. The summed E-state index contributed by atoms with van der Waals surface area (Å²) in [7, 11) is 7.87. The molecule has 0 aromatic heterocycles. The molecule has 0 fully saturated rings. The lowest BCUT2D eigenvalue weighted by Crippen LogP contribution is -2.35. The molecule has 25 heavy (non-hydrogen) atoms. The SMILES string of the molecule is Cc1ccc(SC(=Nc2ccc(Cl)cc2)N=C(N(C)C)N(C)C)cc1. The summed E-state index contributed by atoms with van der Waals surface area (Å²) in [6, 6.07) is 15.8. The molecule has 0 atom stereocenters. The van der Waals surface area contributed by atoms with E-state index in [1.54, 1.807) is 0 Å². The monoisotopic (exact) mass is 374 g/mol. The molecule has 0 aliphatic carbocycles. The van der Waals surface area contributed by atoms with Gasteiger partial charge in [-0.3, -0.25) is 0 Å². The van der Waals surface area contributed by atoms with Gasteiger partial charge in [0.1, 0.15) is 0 Å². The van der Waals surface area contributed by atoms with Crippen LogP contribution in [0, 0.1) is 6.92 Å². The van der Waals surface area contributed by atoms with Crippen molar-refractivity contribution in [1.29, 1.82) is 0 Å². The molecule has 2 rings (SSSR count). The van der Waals surface area contributed by atoms with E-state index in [2.05, 4.69) is 31.2 Å². The van der Waals surface area contributed by atoms with Crippen molar-refractivity contribution in [1.82, 2.24) is 9.80 Å².